The molecule has 0 atom stereocenters. The zero-order valence-corrected chi connectivity index (χ0v) is 21.1. The Morgan fingerprint density at radius 2 is 1.49 bits per heavy atom. The summed E-state index contributed by atoms with van der Waals surface area (Å²) in [5.74, 6) is -1.76. The molecule has 0 fully saturated rings. The minimum atomic E-state index is -5.19. The Labute approximate surface area is 209 Å². The van der Waals surface area contributed by atoms with Crippen LogP contribution < -0.4 is 10.1 Å². The molecule has 18 heteroatoms. The fourth-order valence-corrected chi connectivity index (χ4v) is 5.04. The monoisotopic (exact) mass is 575 g/mol. The van der Waals surface area contributed by atoms with Gasteiger partial charge in [-0.15, -0.1) is 10.2 Å². The highest BCUT2D eigenvalue weighted by Gasteiger charge is 2.26. The summed E-state index contributed by atoms with van der Waals surface area (Å²) in [4.78, 5) is 9.00. The largest absolute Gasteiger partial charge is 0.505 e. The van der Waals surface area contributed by atoms with Gasteiger partial charge in [0.25, 0.3) is 30.4 Å². The lowest BCUT2D eigenvalue weighted by Crippen LogP contribution is -2.08. The number of anilines is 1. The number of carbonyl (C=O) groups is 1. The number of carbonyl (C=O) groups excluding carboxylic acids is 1. The van der Waals surface area contributed by atoms with E-state index >= 15 is 0 Å². The lowest BCUT2D eigenvalue weighted by atomic mass is 10.1. The van der Waals surface area contributed by atoms with Crippen LogP contribution in [0.1, 0.15) is 6.92 Å². The molecule has 1 amide bonds. The first kappa shape index (κ1) is 27.9. The molecule has 0 aromatic heterocycles. The summed E-state index contributed by atoms with van der Waals surface area (Å²) in [6.45, 7) is 1.04. The van der Waals surface area contributed by atoms with Gasteiger partial charge >= 0.3 is 0 Å². The summed E-state index contributed by atoms with van der Waals surface area (Å²) >= 11 is 0. The van der Waals surface area contributed by atoms with Crippen LogP contribution in [0.3, 0.4) is 0 Å². The van der Waals surface area contributed by atoms with Crippen molar-refractivity contribution in [3.63, 3.8) is 0 Å². The number of azo groups is 1. The van der Waals surface area contributed by atoms with Crippen molar-refractivity contribution in [2.45, 2.75) is 21.6 Å². The van der Waals surface area contributed by atoms with Gasteiger partial charge in [-0.2, -0.15) is 25.3 Å². The van der Waals surface area contributed by atoms with E-state index in [1.54, 1.807) is 0 Å². The maximum atomic E-state index is 12.1. The summed E-state index contributed by atoms with van der Waals surface area (Å²) in [5.41, 5.74) is -1.84. The Morgan fingerprint density at radius 3 is 2.00 bits per heavy atom. The summed E-state index contributed by atoms with van der Waals surface area (Å²) in [7, 11) is -13.7. The molecular weight excluding hydrogens is 558 g/mol. The molecule has 0 saturated heterocycles. The van der Waals surface area contributed by atoms with Gasteiger partial charge in [0, 0.05) is 18.4 Å². The molecule has 15 nitrogen and oxygen atoms in total. The summed E-state index contributed by atoms with van der Waals surface area (Å²) in [5, 5.41) is 19.5. The predicted molar refractivity (Wildman–Crippen MR) is 127 cm³/mol. The van der Waals surface area contributed by atoms with Gasteiger partial charge in [0.2, 0.25) is 5.91 Å². The Hall–Kier alpha value is -3.68. The number of phenolic OH excluding ortho intramolecular Hbond substituents is 1. The molecule has 3 aromatic carbocycles. The molecule has 0 aliphatic rings. The number of amides is 1. The van der Waals surface area contributed by atoms with Crippen molar-refractivity contribution >= 4 is 64.1 Å². The molecular formula is C19H17N3O12S3. The molecule has 3 rings (SSSR count). The molecule has 0 aliphatic heterocycles. The molecule has 37 heavy (non-hydrogen) atoms. The quantitative estimate of drug-likeness (QED) is 0.201. The Bertz CT molecular complexity index is 1800. The fourth-order valence-electron chi connectivity index (χ4n) is 3.20. The molecule has 3 aromatic rings. The van der Waals surface area contributed by atoms with E-state index in [2.05, 4.69) is 15.5 Å². The maximum absolute atomic E-state index is 12.1. The molecule has 0 radical (unpaired) electrons. The van der Waals surface area contributed by atoms with Gasteiger partial charge in [-0.05, 0) is 35.7 Å². The first-order valence-corrected chi connectivity index (χ1v) is 13.9. The zero-order valence-electron chi connectivity index (χ0n) is 18.6. The lowest BCUT2D eigenvalue weighted by Gasteiger charge is -2.14. The molecule has 0 heterocycles. The number of hydrogen-bond acceptors (Lipinski definition) is 11. The molecule has 5 N–H and O–H groups in total. The Balaban J connectivity index is 2.42. The van der Waals surface area contributed by atoms with Crippen LogP contribution >= 0.6 is 0 Å². The fraction of sp³-hybridized carbons (Fsp3) is 0.105. The summed E-state index contributed by atoms with van der Waals surface area (Å²) in [6.07, 6.45) is 0. The van der Waals surface area contributed by atoms with Crippen molar-refractivity contribution in [2.75, 3.05) is 12.4 Å². The van der Waals surface area contributed by atoms with Crippen molar-refractivity contribution < 1.29 is 53.5 Å². The predicted octanol–water partition coefficient (Wildman–Crippen LogP) is 2.67. The molecule has 0 saturated carbocycles. The second kappa shape index (κ2) is 9.65. The van der Waals surface area contributed by atoms with Crippen LogP contribution in [0.2, 0.25) is 0 Å². The van der Waals surface area contributed by atoms with E-state index in [4.69, 9.17) is 4.74 Å². The Kier molecular flexibility index (Phi) is 7.28. The number of methoxy groups -OCH3 is 1. The lowest BCUT2D eigenvalue weighted by molar-refractivity contribution is -0.114. The van der Waals surface area contributed by atoms with Crippen molar-refractivity contribution in [1.82, 2.24) is 0 Å². The summed E-state index contributed by atoms with van der Waals surface area (Å²) < 4.78 is 105. The third-order valence-corrected chi connectivity index (χ3v) is 7.29. The van der Waals surface area contributed by atoms with Gasteiger partial charge in [0.1, 0.15) is 26.9 Å². The van der Waals surface area contributed by atoms with Crippen LogP contribution in [-0.2, 0) is 35.1 Å². The van der Waals surface area contributed by atoms with Gasteiger partial charge in [-0.3, -0.25) is 18.5 Å². The van der Waals surface area contributed by atoms with E-state index in [1.165, 1.54) is 13.2 Å². The summed E-state index contributed by atoms with van der Waals surface area (Å²) in [6, 6.07) is 5.37. The minimum Gasteiger partial charge on any atom is -0.505 e. The van der Waals surface area contributed by atoms with Crippen LogP contribution in [0.25, 0.3) is 10.8 Å². The standard InChI is InChI=1S/C19H17N3O12S3/c1-9(23)20-14-8-12(35(25,26)27)5-10-6-16(37(31,32)33)18(19(24)17(10)14)22-21-13-4-3-11(34-2)7-15(13)36(28,29)30/h3-8,24H,1-2H3,(H,20,23)(H,25,26,27)(H,28,29,30)(H,31,32,33)/b22-21+. The van der Waals surface area contributed by atoms with Crippen LogP contribution in [0.4, 0.5) is 17.1 Å². The number of ether oxygens (including phenoxy) is 1. The van der Waals surface area contributed by atoms with E-state index in [1.807, 2.05) is 0 Å². The van der Waals surface area contributed by atoms with Crippen LogP contribution in [0.5, 0.6) is 11.5 Å². The molecule has 0 aliphatic carbocycles. The van der Waals surface area contributed by atoms with E-state index in [9.17, 15) is 48.8 Å². The number of benzene rings is 3. The van der Waals surface area contributed by atoms with E-state index in [-0.39, 0.29) is 16.5 Å². The van der Waals surface area contributed by atoms with Gasteiger partial charge < -0.3 is 15.2 Å². The maximum Gasteiger partial charge on any atom is 0.296 e. The smallest absolute Gasteiger partial charge is 0.296 e. The molecule has 0 bridgehead atoms. The number of rotatable bonds is 7. The van der Waals surface area contributed by atoms with Crippen molar-refractivity contribution in [3.05, 3.63) is 36.4 Å². The van der Waals surface area contributed by atoms with Crippen molar-refractivity contribution in [1.29, 1.82) is 0 Å². The first-order chi connectivity index (χ1) is 16.9. The third-order valence-electron chi connectivity index (χ3n) is 4.71. The van der Waals surface area contributed by atoms with E-state index in [0.717, 1.165) is 31.2 Å². The van der Waals surface area contributed by atoms with Crippen molar-refractivity contribution in [2.24, 2.45) is 10.2 Å². The Morgan fingerprint density at radius 1 is 0.865 bits per heavy atom. The number of nitrogens with zero attached hydrogens (tertiary/aromatic N) is 2. The van der Waals surface area contributed by atoms with Crippen LogP contribution in [0, 0.1) is 0 Å². The number of aromatic hydroxyl groups is 1. The average Bonchev–Trinajstić information content (AvgIpc) is 2.75. The molecule has 0 spiro atoms. The van der Waals surface area contributed by atoms with E-state index < -0.39 is 73.8 Å². The van der Waals surface area contributed by atoms with Gasteiger partial charge in [-0.25, -0.2) is 0 Å². The zero-order chi connectivity index (χ0) is 27.9. The number of phenols is 1. The minimum absolute atomic E-state index is 0.00772. The van der Waals surface area contributed by atoms with Gasteiger partial charge in [0.05, 0.1) is 17.7 Å². The van der Waals surface area contributed by atoms with Crippen LogP contribution in [-0.4, -0.2) is 57.0 Å². The molecule has 198 valence electrons. The van der Waals surface area contributed by atoms with E-state index in [0.29, 0.717) is 6.07 Å². The number of hydrogen-bond donors (Lipinski definition) is 5. The second-order valence-corrected chi connectivity index (χ2v) is 11.5. The van der Waals surface area contributed by atoms with Crippen LogP contribution in [0.15, 0.2) is 61.3 Å². The highest BCUT2D eigenvalue weighted by atomic mass is 32.2. The van der Waals surface area contributed by atoms with Crippen molar-refractivity contribution in [3.8, 4) is 11.5 Å². The first-order valence-electron chi connectivity index (χ1n) is 9.57. The normalized spacial score (nSPS) is 12.7. The average molecular weight is 576 g/mol. The topological polar surface area (TPSA) is 246 Å². The van der Waals surface area contributed by atoms with Gasteiger partial charge in [-0.1, -0.05) is 0 Å². The SMILES string of the molecule is COc1ccc(/N=N/c2c(S(=O)(=O)O)cc3cc(S(=O)(=O)O)cc(NC(C)=O)c3c2O)c(S(=O)(=O)O)c1. The highest BCUT2D eigenvalue weighted by Crippen LogP contribution is 2.45. The third kappa shape index (κ3) is 6.01. The second-order valence-electron chi connectivity index (χ2n) is 7.28. The molecule has 0 unspecified atom stereocenters. The number of nitrogens with one attached hydrogen (secondary N) is 1. The van der Waals surface area contributed by atoms with Gasteiger partial charge in [0.15, 0.2) is 5.75 Å². The number of fused-ring (bicyclic) bond motifs is 1. The highest BCUT2D eigenvalue weighted by molar-refractivity contribution is 7.86.